The molecule has 1 aromatic carbocycles. The van der Waals surface area contributed by atoms with Crippen molar-refractivity contribution in [3.8, 4) is 0 Å². The summed E-state index contributed by atoms with van der Waals surface area (Å²) >= 11 is 10.9. The average Bonchev–Trinajstić information content (AvgIpc) is 2.04. The molecule has 1 nitrogen and oxygen atoms in total. The van der Waals surface area contributed by atoms with Crippen LogP contribution in [0, 0.1) is 0 Å². The Balaban J connectivity index is 2.96. The molecule has 0 saturated heterocycles. The molecule has 0 fully saturated rings. The van der Waals surface area contributed by atoms with Gasteiger partial charge in [0.1, 0.15) is 0 Å². The van der Waals surface area contributed by atoms with Crippen LogP contribution in [0.1, 0.15) is 12.5 Å². The van der Waals surface area contributed by atoms with E-state index < -0.39 is 5.24 Å². The van der Waals surface area contributed by atoms with Gasteiger partial charge in [-0.25, -0.2) is 0 Å². The molecule has 0 spiro atoms. The van der Waals surface area contributed by atoms with Crippen molar-refractivity contribution < 1.29 is 4.79 Å². The SMILES string of the molecule is C/C(=C\C(=O)Cl)c1ccc(Cl)cc1. The Morgan fingerprint density at radius 1 is 1.31 bits per heavy atom. The van der Waals surface area contributed by atoms with Crippen LogP contribution in [0.15, 0.2) is 30.3 Å². The summed E-state index contributed by atoms with van der Waals surface area (Å²) in [5.41, 5.74) is 1.77. The van der Waals surface area contributed by atoms with Crippen molar-refractivity contribution in [2.45, 2.75) is 6.92 Å². The van der Waals surface area contributed by atoms with Gasteiger partial charge in [-0.1, -0.05) is 23.7 Å². The van der Waals surface area contributed by atoms with Gasteiger partial charge in [0.2, 0.25) is 5.24 Å². The van der Waals surface area contributed by atoms with E-state index in [1.807, 2.05) is 19.1 Å². The van der Waals surface area contributed by atoms with Crippen LogP contribution in [-0.2, 0) is 4.79 Å². The third-order valence-electron chi connectivity index (χ3n) is 1.63. The van der Waals surface area contributed by atoms with Crippen molar-refractivity contribution >= 4 is 34.0 Å². The third-order valence-corrected chi connectivity index (χ3v) is 1.99. The van der Waals surface area contributed by atoms with Crippen LogP contribution < -0.4 is 0 Å². The van der Waals surface area contributed by atoms with Crippen LogP contribution in [0.25, 0.3) is 5.57 Å². The Morgan fingerprint density at radius 3 is 2.31 bits per heavy atom. The first-order valence-electron chi connectivity index (χ1n) is 3.73. The number of rotatable bonds is 2. The first-order chi connectivity index (χ1) is 6.09. The number of allylic oxidation sites excluding steroid dienone is 2. The summed E-state index contributed by atoms with van der Waals surface area (Å²) in [6, 6.07) is 7.22. The predicted octanol–water partition coefficient (Wildman–Crippen LogP) is 3.51. The minimum Gasteiger partial charge on any atom is -0.276 e. The van der Waals surface area contributed by atoms with E-state index >= 15 is 0 Å². The molecule has 0 aromatic heterocycles. The second-order valence-corrected chi connectivity index (χ2v) is 3.45. The number of halogens is 2. The summed E-state index contributed by atoms with van der Waals surface area (Å²) in [5.74, 6) is 0. The van der Waals surface area contributed by atoms with Gasteiger partial charge in [0.25, 0.3) is 0 Å². The molecule has 0 aliphatic carbocycles. The van der Waals surface area contributed by atoms with Gasteiger partial charge in [-0.3, -0.25) is 4.79 Å². The number of hydrogen-bond acceptors (Lipinski definition) is 1. The van der Waals surface area contributed by atoms with E-state index in [1.165, 1.54) is 6.08 Å². The van der Waals surface area contributed by atoms with Gasteiger partial charge < -0.3 is 0 Å². The van der Waals surface area contributed by atoms with Gasteiger partial charge in [0.05, 0.1) is 0 Å². The molecule has 0 aliphatic heterocycles. The van der Waals surface area contributed by atoms with Gasteiger partial charge in [0, 0.05) is 11.1 Å². The Morgan fingerprint density at radius 2 is 1.85 bits per heavy atom. The van der Waals surface area contributed by atoms with Crippen molar-refractivity contribution in [1.29, 1.82) is 0 Å². The first-order valence-corrected chi connectivity index (χ1v) is 4.49. The molecule has 0 radical (unpaired) electrons. The summed E-state index contributed by atoms with van der Waals surface area (Å²) in [6.45, 7) is 1.82. The summed E-state index contributed by atoms with van der Waals surface area (Å²) < 4.78 is 0. The highest BCUT2D eigenvalue weighted by Gasteiger charge is 1.97. The highest BCUT2D eigenvalue weighted by atomic mass is 35.5. The van der Waals surface area contributed by atoms with Crippen LogP contribution in [0.2, 0.25) is 5.02 Å². The van der Waals surface area contributed by atoms with Crippen molar-refractivity contribution in [2.75, 3.05) is 0 Å². The fourth-order valence-corrected chi connectivity index (χ4v) is 1.26. The van der Waals surface area contributed by atoms with Gasteiger partial charge >= 0.3 is 0 Å². The molecular weight excluding hydrogens is 207 g/mol. The van der Waals surface area contributed by atoms with E-state index in [0.29, 0.717) is 5.02 Å². The zero-order valence-corrected chi connectivity index (χ0v) is 8.56. The second-order valence-electron chi connectivity index (χ2n) is 2.64. The lowest BCUT2D eigenvalue weighted by atomic mass is 10.1. The molecular formula is C10H8Cl2O. The quantitative estimate of drug-likeness (QED) is 0.545. The first kappa shape index (κ1) is 10.3. The Bertz CT molecular complexity index is 338. The van der Waals surface area contributed by atoms with Gasteiger partial charge in [0.15, 0.2) is 0 Å². The highest BCUT2D eigenvalue weighted by Crippen LogP contribution is 2.17. The minimum absolute atomic E-state index is 0.465. The fraction of sp³-hybridized carbons (Fsp3) is 0.100. The number of hydrogen-bond donors (Lipinski definition) is 0. The molecule has 0 aliphatic rings. The highest BCUT2D eigenvalue weighted by molar-refractivity contribution is 6.67. The Labute approximate surface area is 87.0 Å². The molecule has 0 saturated carbocycles. The maximum Gasteiger partial charge on any atom is 0.245 e. The maximum absolute atomic E-state index is 10.6. The largest absolute Gasteiger partial charge is 0.276 e. The van der Waals surface area contributed by atoms with Crippen LogP contribution in [-0.4, -0.2) is 5.24 Å². The third kappa shape index (κ3) is 3.21. The van der Waals surface area contributed by atoms with E-state index in [1.54, 1.807) is 12.1 Å². The lowest BCUT2D eigenvalue weighted by Gasteiger charge is -1.99. The van der Waals surface area contributed by atoms with Crippen LogP contribution >= 0.6 is 23.2 Å². The fourth-order valence-electron chi connectivity index (χ4n) is 0.966. The molecule has 0 N–H and O–H groups in total. The monoisotopic (exact) mass is 214 g/mol. The summed E-state index contributed by atoms with van der Waals surface area (Å²) in [4.78, 5) is 10.6. The summed E-state index contributed by atoms with van der Waals surface area (Å²) in [5, 5.41) is 0.209. The second kappa shape index (κ2) is 4.45. The molecule has 0 atom stereocenters. The van der Waals surface area contributed by atoms with E-state index in [2.05, 4.69) is 0 Å². The predicted molar refractivity (Wildman–Crippen MR) is 56.0 cm³/mol. The number of carbonyl (C=O) groups excluding carboxylic acids is 1. The maximum atomic E-state index is 10.6. The Hall–Kier alpha value is -0.790. The minimum atomic E-state index is -0.465. The van der Waals surface area contributed by atoms with Gasteiger partial charge in [-0.05, 0) is 41.8 Å². The molecule has 68 valence electrons. The molecule has 1 aromatic rings. The van der Waals surface area contributed by atoms with Crippen molar-refractivity contribution in [1.82, 2.24) is 0 Å². The average molecular weight is 215 g/mol. The van der Waals surface area contributed by atoms with E-state index in [4.69, 9.17) is 23.2 Å². The van der Waals surface area contributed by atoms with Crippen LogP contribution in [0.4, 0.5) is 0 Å². The summed E-state index contributed by atoms with van der Waals surface area (Å²) in [6.07, 6.45) is 1.38. The molecule has 3 heteroatoms. The van der Waals surface area contributed by atoms with Crippen LogP contribution in [0.3, 0.4) is 0 Å². The zero-order chi connectivity index (χ0) is 9.84. The summed E-state index contributed by atoms with van der Waals surface area (Å²) in [7, 11) is 0. The standard InChI is InChI=1S/C10H8Cl2O/c1-7(6-10(12)13)8-2-4-9(11)5-3-8/h2-6H,1H3/b7-6+. The topological polar surface area (TPSA) is 17.1 Å². The van der Waals surface area contributed by atoms with Gasteiger partial charge in [-0.15, -0.1) is 0 Å². The molecule has 0 bridgehead atoms. The van der Waals surface area contributed by atoms with Gasteiger partial charge in [-0.2, -0.15) is 0 Å². The van der Waals surface area contributed by atoms with E-state index in [0.717, 1.165) is 11.1 Å². The molecule has 13 heavy (non-hydrogen) atoms. The number of benzene rings is 1. The lowest BCUT2D eigenvalue weighted by molar-refractivity contribution is -0.107. The lowest BCUT2D eigenvalue weighted by Crippen LogP contribution is -1.83. The van der Waals surface area contributed by atoms with Crippen molar-refractivity contribution in [3.63, 3.8) is 0 Å². The molecule has 0 unspecified atom stereocenters. The van der Waals surface area contributed by atoms with Crippen molar-refractivity contribution in [3.05, 3.63) is 40.9 Å². The molecule has 0 amide bonds. The van der Waals surface area contributed by atoms with Crippen molar-refractivity contribution in [2.24, 2.45) is 0 Å². The molecule has 1 rings (SSSR count). The van der Waals surface area contributed by atoms with E-state index in [9.17, 15) is 4.79 Å². The number of carbonyl (C=O) groups is 1. The zero-order valence-electron chi connectivity index (χ0n) is 7.05. The Kier molecular flexibility index (Phi) is 3.52. The normalized spacial score (nSPS) is 11.5. The van der Waals surface area contributed by atoms with Crippen LogP contribution in [0.5, 0.6) is 0 Å². The smallest absolute Gasteiger partial charge is 0.245 e. The molecule has 0 heterocycles. The van der Waals surface area contributed by atoms with E-state index in [-0.39, 0.29) is 0 Å².